The molecule has 80 valence electrons. The first-order chi connectivity index (χ1) is 7.68. The fourth-order valence-electron chi connectivity index (χ4n) is 1.45. The summed E-state index contributed by atoms with van der Waals surface area (Å²) in [5.41, 5.74) is 0.578. The minimum absolute atomic E-state index is 0.0444. The molecule has 0 aliphatic rings. The summed E-state index contributed by atoms with van der Waals surface area (Å²) in [5.74, 6) is -0.488. The highest BCUT2D eigenvalue weighted by atomic mass is 16.3. The molecule has 3 heteroatoms. The van der Waals surface area contributed by atoms with Gasteiger partial charge in [-0.2, -0.15) is 0 Å². The van der Waals surface area contributed by atoms with Gasteiger partial charge in [0.05, 0.1) is 5.56 Å². The molecule has 0 unspecified atom stereocenters. The molecule has 2 N–H and O–H groups in total. The lowest BCUT2D eigenvalue weighted by Crippen LogP contribution is -2.00. The van der Waals surface area contributed by atoms with Gasteiger partial charge in [-0.3, -0.25) is 4.79 Å². The van der Waals surface area contributed by atoms with Crippen molar-refractivity contribution < 1.29 is 15.0 Å². The number of ketones is 1. The van der Waals surface area contributed by atoms with Crippen LogP contribution in [0.5, 0.6) is 11.5 Å². The summed E-state index contributed by atoms with van der Waals surface area (Å²) in [6, 6.07) is 12.5. The second kappa shape index (κ2) is 4.06. The minimum Gasteiger partial charge on any atom is -0.508 e. The zero-order valence-electron chi connectivity index (χ0n) is 8.42. The standard InChI is InChI=1S/C13H10O3/c14-10-6-7-12(15)11(8-10)13(16)9-4-2-1-3-5-9/h1-8,14-15H. The second-order valence-corrected chi connectivity index (χ2v) is 3.40. The Morgan fingerprint density at radius 2 is 1.62 bits per heavy atom. The van der Waals surface area contributed by atoms with Gasteiger partial charge < -0.3 is 10.2 Å². The van der Waals surface area contributed by atoms with Crippen LogP contribution in [0.4, 0.5) is 0 Å². The van der Waals surface area contributed by atoms with Crippen LogP contribution in [0.25, 0.3) is 0 Å². The highest BCUT2D eigenvalue weighted by molar-refractivity contribution is 6.10. The average molecular weight is 214 g/mol. The maximum Gasteiger partial charge on any atom is 0.196 e. The molecule has 2 aromatic carbocycles. The van der Waals surface area contributed by atoms with Crippen LogP contribution in [-0.2, 0) is 0 Å². The first kappa shape index (κ1) is 10.2. The van der Waals surface area contributed by atoms with Crippen LogP contribution >= 0.6 is 0 Å². The molecule has 0 bridgehead atoms. The normalized spacial score (nSPS) is 10.0. The van der Waals surface area contributed by atoms with E-state index < -0.39 is 0 Å². The van der Waals surface area contributed by atoms with Crippen LogP contribution in [0, 0.1) is 0 Å². The number of phenols is 2. The number of carbonyl (C=O) groups is 1. The molecule has 0 spiro atoms. The van der Waals surface area contributed by atoms with Gasteiger partial charge >= 0.3 is 0 Å². The Hall–Kier alpha value is -2.29. The van der Waals surface area contributed by atoms with E-state index in [4.69, 9.17) is 0 Å². The van der Waals surface area contributed by atoms with Crippen molar-refractivity contribution in [3.05, 3.63) is 59.7 Å². The predicted molar refractivity (Wildman–Crippen MR) is 59.6 cm³/mol. The maximum absolute atomic E-state index is 11.9. The van der Waals surface area contributed by atoms with Crippen molar-refractivity contribution in [2.45, 2.75) is 0 Å². The Bertz CT molecular complexity index is 518. The smallest absolute Gasteiger partial charge is 0.196 e. The molecule has 0 fully saturated rings. The molecule has 0 radical (unpaired) electrons. The van der Waals surface area contributed by atoms with Gasteiger partial charge in [-0.05, 0) is 18.2 Å². The van der Waals surface area contributed by atoms with Crippen LogP contribution in [0.3, 0.4) is 0 Å². The van der Waals surface area contributed by atoms with Crippen molar-refractivity contribution in [2.75, 3.05) is 0 Å². The summed E-state index contributed by atoms with van der Waals surface area (Å²) in [6.45, 7) is 0. The molecule has 0 amide bonds. The summed E-state index contributed by atoms with van der Waals surface area (Å²) in [6.07, 6.45) is 0. The Morgan fingerprint density at radius 1 is 0.938 bits per heavy atom. The quantitative estimate of drug-likeness (QED) is 0.595. The summed E-state index contributed by atoms with van der Waals surface area (Å²) in [5, 5.41) is 18.8. The zero-order chi connectivity index (χ0) is 11.5. The fourth-order valence-corrected chi connectivity index (χ4v) is 1.45. The maximum atomic E-state index is 11.9. The van der Waals surface area contributed by atoms with E-state index in [2.05, 4.69) is 0 Å². The first-order valence-electron chi connectivity index (χ1n) is 4.80. The van der Waals surface area contributed by atoms with Crippen molar-refractivity contribution in [2.24, 2.45) is 0 Å². The molecular weight excluding hydrogens is 204 g/mol. The largest absolute Gasteiger partial charge is 0.508 e. The average Bonchev–Trinajstić information content (AvgIpc) is 2.32. The number of phenolic OH excluding ortho intramolecular Hbond substituents is 2. The van der Waals surface area contributed by atoms with E-state index in [-0.39, 0.29) is 22.8 Å². The van der Waals surface area contributed by atoms with Gasteiger partial charge in [0.15, 0.2) is 5.78 Å². The lowest BCUT2D eigenvalue weighted by Gasteiger charge is -2.04. The van der Waals surface area contributed by atoms with Crippen LogP contribution in [-0.4, -0.2) is 16.0 Å². The van der Waals surface area contributed by atoms with E-state index in [0.717, 1.165) is 0 Å². The van der Waals surface area contributed by atoms with Crippen molar-refractivity contribution in [1.82, 2.24) is 0 Å². The van der Waals surface area contributed by atoms with Gasteiger partial charge in [0.2, 0.25) is 0 Å². The molecule has 0 aromatic heterocycles. The monoisotopic (exact) mass is 214 g/mol. The summed E-state index contributed by atoms with van der Waals surface area (Å²) in [4.78, 5) is 11.9. The SMILES string of the molecule is O=C(c1ccccc1)c1cc(O)ccc1O. The minimum atomic E-state index is -0.311. The third kappa shape index (κ3) is 1.88. The van der Waals surface area contributed by atoms with Crippen LogP contribution in [0.15, 0.2) is 48.5 Å². The van der Waals surface area contributed by atoms with Crippen LogP contribution < -0.4 is 0 Å². The number of hydrogen-bond acceptors (Lipinski definition) is 3. The van der Waals surface area contributed by atoms with E-state index in [1.807, 2.05) is 0 Å². The molecule has 0 aliphatic carbocycles. The molecule has 2 aromatic rings. The molecule has 0 saturated carbocycles. The van der Waals surface area contributed by atoms with E-state index in [1.54, 1.807) is 30.3 Å². The highest BCUT2D eigenvalue weighted by Crippen LogP contribution is 2.24. The summed E-state index contributed by atoms with van der Waals surface area (Å²) < 4.78 is 0. The molecule has 0 saturated heterocycles. The molecule has 0 aliphatic heterocycles. The predicted octanol–water partition coefficient (Wildman–Crippen LogP) is 2.33. The molecule has 0 atom stereocenters. The topological polar surface area (TPSA) is 57.5 Å². The van der Waals surface area contributed by atoms with Crippen LogP contribution in [0.1, 0.15) is 15.9 Å². The van der Waals surface area contributed by atoms with Gasteiger partial charge in [0.25, 0.3) is 0 Å². The molecule has 2 rings (SSSR count). The van der Waals surface area contributed by atoms with Crippen molar-refractivity contribution >= 4 is 5.78 Å². The number of aromatic hydroxyl groups is 2. The van der Waals surface area contributed by atoms with Gasteiger partial charge in [0, 0.05) is 5.56 Å². The van der Waals surface area contributed by atoms with Crippen molar-refractivity contribution in [3.63, 3.8) is 0 Å². The van der Waals surface area contributed by atoms with Gasteiger partial charge in [-0.1, -0.05) is 30.3 Å². The molecule has 3 nitrogen and oxygen atoms in total. The molecule has 0 heterocycles. The summed E-state index contributed by atoms with van der Waals surface area (Å²) >= 11 is 0. The van der Waals surface area contributed by atoms with E-state index >= 15 is 0 Å². The Kier molecular flexibility index (Phi) is 2.60. The molecular formula is C13H10O3. The van der Waals surface area contributed by atoms with Gasteiger partial charge in [-0.25, -0.2) is 0 Å². The number of carbonyl (C=O) groups excluding carboxylic acids is 1. The lowest BCUT2D eigenvalue weighted by atomic mass is 10.0. The highest BCUT2D eigenvalue weighted by Gasteiger charge is 2.13. The van der Waals surface area contributed by atoms with E-state index in [1.165, 1.54) is 18.2 Å². The Labute approximate surface area is 92.6 Å². The number of hydrogen-bond donors (Lipinski definition) is 2. The second-order valence-electron chi connectivity index (χ2n) is 3.40. The third-order valence-corrected chi connectivity index (χ3v) is 2.26. The third-order valence-electron chi connectivity index (χ3n) is 2.26. The zero-order valence-corrected chi connectivity index (χ0v) is 8.42. The van der Waals surface area contributed by atoms with Crippen molar-refractivity contribution in [3.8, 4) is 11.5 Å². The van der Waals surface area contributed by atoms with Gasteiger partial charge in [0.1, 0.15) is 11.5 Å². The van der Waals surface area contributed by atoms with Crippen molar-refractivity contribution in [1.29, 1.82) is 0 Å². The number of benzene rings is 2. The van der Waals surface area contributed by atoms with Gasteiger partial charge in [-0.15, -0.1) is 0 Å². The molecule has 16 heavy (non-hydrogen) atoms. The number of rotatable bonds is 2. The Morgan fingerprint density at radius 3 is 2.31 bits per heavy atom. The summed E-state index contributed by atoms with van der Waals surface area (Å²) in [7, 11) is 0. The van der Waals surface area contributed by atoms with E-state index in [9.17, 15) is 15.0 Å². The Balaban J connectivity index is 2.46. The fraction of sp³-hybridized carbons (Fsp3) is 0. The lowest BCUT2D eigenvalue weighted by molar-refractivity contribution is 0.103. The van der Waals surface area contributed by atoms with E-state index in [0.29, 0.717) is 5.56 Å². The van der Waals surface area contributed by atoms with Crippen LogP contribution in [0.2, 0.25) is 0 Å². The first-order valence-corrected chi connectivity index (χ1v) is 4.80.